The number of fused-ring (bicyclic) bond motifs is 1. The SMILES string of the molecule is COc1ccc(CN2CCCN3CCC(=N3)C/C(C)=[N+](/C(=O)c3ccc(Cl)c(Cl)c3)C2O)cc1. The van der Waals surface area contributed by atoms with Gasteiger partial charge in [-0.2, -0.15) is 5.10 Å². The Balaban J connectivity index is 1.71. The molecule has 0 radical (unpaired) electrons. The number of hydrogen-bond acceptors (Lipinski definition) is 6. The second kappa shape index (κ2) is 10.9. The molecule has 0 aromatic heterocycles. The van der Waals surface area contributed by atoms with Crippen molar-refractivity contribution in [2.45, 2.75) is 39.1 Å². The Morgan fingerprint density at radius 3 is 2.62 bits per heavy atom. The molecule has 1 atom stereocenters. The zero-order valence-corrected chi connectivity index (χ0v) is 20.9. The van der Waals surface area contributed by atoms with Crippen molar-refractivity contribution < 1.29 is 19.2 Å². The summed E-state index contributed by atoms with van der Waals surface area (Å²) in [5, 5.41) is 19.0. The summed E-state index contributed by atoms with van der Waals surface area (Å²) in [6.45, 7) is 4.61. The number of carbonyl (C=O) groups is 1. The molecule has 2 heterocycles. The van der Waals surface area contributed by atoms with E-state index in [1.54, 1.807) is 25.3 Å². The molecule has 1 amide bonds. The highest BCUT2D eigenvalue weighted by atomic mass is 35.5. The maximum Gasteiger partial charge on any atom is 0.422 e. The molecule has 1 N–H and O–H groups in total. The number of hydrogen-bond donors (Lipinski definition) is 1. The van der Waals surface area contributed by atoms with E-state index >= 15 is 0 Å². The first-order valence-electron chi connectivity index (χ1n) is 11.3. The van der Waals surface area contributed by atoms with Crippen LogP contribution in [0.1, 0.15) is 42.1 Å². The average Bonchev–Trinajstić information content (AvgIpc) is 3.26. The van der Waals surface area contributed by atoms with Gasteiger partial charge >= 0.3 is 12.3 Å². The second-order valence-corrected chi connectivity index (χ2v) is 9.42. The van der Waals surface area contributed by atoms with Crippen molar-refractivity contribution in [3.05, 3.63) is 63.6 Å². The van der Waals surface area contributed by atoms with Gasteiger partial charge in [-0.1, -0.05) is 35.3 Å². The lowest BCUT2D eigenvalue weighted by atomic mass is 10.1. The quantitative estimate of drug-likeness (QED) is 0.631. The molecule has 4 rings (SSSR count). The third kappa shape index (κ3) is 5.61. The van der Waals surface area contributed by atoms with Gasteiger partial charge in [-0.05, 0) is 42.3 Å². The van der Waals surface area contributed by atoms with Gasteiger partial charge in [0, 0.05) is 45.2 Å². The number of halogens is 2. The Hall–Kier alpha value is -2.45. The van der Waals surface area contributed by atoms with E-state index in [0.717, 1.165) is 48.7 Å². The fourth-order valence-electron chi connectivity index (χ4n) is 4.33. The van der Waals surface area contributed by atoms with Crippen molar-refractivity contribution in [1.82, 2.24) is 9.91 Å². The lowest BCUT2D eigenvalue weighted by Crippen LogP contribution is -2.48. The molecule has 0 saturated carbocycles. The molecule has 0 spiro atoms. The second-order valence-electron chi connectivity index (χ2n) is 8.60. The van der Waals surface area contributed by atoms with E-state index < -0.39 is 6.35 Å². The lowest BCUT2D eigenvalue weighted by molar-refractivity contribution is -0.560. The molecule has 1 unspecified atom stereocenters. The average molecular weight is 504 g/mol. The molecule has 2 aromatic rings. The number of aliphatic hydroxyl groups excluding tert-OH is 1. The van der Waals surface area contributed by atoms with Crippen LogP contribution in [0.2, 0.25) is 10.0 Å². The van der Waals surface area contributed by atoms with Gasteiger partial charge in [0.1, 0.15) is 5.75 Å². The van der Waals surface area contributed by atoms with Crippen molar-refractivity contribution in [2.24, 2.45) is 5.10 Å². The predicted molar refractivity (Wildman–Crippen MR) is 134 cm³/mol. The summed E-state index contributed by atoms with van der Waals surface area (Å²) in [6, 6.07) is 12.5. The minimum absolute atomic E-state index is 0.295. The maximum absolute atomic E-state index is 13.7. The third-order valence-corrected chi connectivity index (χ3v) is 6.90. The van der Waals surface area contributed by atoms with Gasteiger partial charge in [-0.3, -0.25) is 5.01 Å². The number of hydrazone groups is 1. The summed E-state index contributed by atoms with van der Waals surface area (Å²) in [5.41, 5.74) is 3.11. The van der Waals surface area contributed by atoms with Gasteiger partial charge in [0.25, 0.3) is 0 Å². The maximum atomic E-state index is 13.7. The first kappa shape index (κ1) is 24.7. The van der Waals surface area contributed by atoms with E-state index in [9.17, 15) is 9.90 Å². The van der Waals surface area contributed by atoms with Crippen LogP contribution in [-0.2, 0) is 6.54 Å². The lowest BCUT2D eigenvalue weighted by Gasteiger charge is -2.26. The highest BCUT2D eigenvalue weighted by molar-refractivity contribution is 6.42. The molecule has 0 aliphatic carbocycles. The molecular weight excluding hydrogens is 475 g/mol. The summed E-state index contributed by atoms with van der Waals surface area (Å²) < 4.78 is 6.72. The molecule has 7 nitrogen and oxygen atoms in total. The third-order valence-electron chi connectivity index (χ3n) is 6.16. The van der Waals surface area contributed by atoms with E-state index in [2.05, 4.69) is 5.01 Å². The molecule has 180 valence electrons. The minimum atomic E-state index is -1.16. The van der Waals surface area contributed by atoms with E-state index in [4.69, 9.17) is 33.0 Å². The fourth-order valence-corrected chi connectivity index (χ4v) is 4.63. The first-order chi connectivity index (χ1) is 16.4. The Bertz CT molecular complexity index is 1120. The van der Waals surface area contributed by atoms with Gasteiger partial charge in [0.05, 0.1) is 29.1 Å². The molecule has 2 aliphatic heterocycles. The first-order valence-corrected chi connectivity index (χ1v) is 12.1. The van der Waals surface area contributed by atoms with Gasteiger partial charge in [0.15, 0.2) is 5.71 Å². The van der Waals surface area contributed by atoms with Crippen LogP contribution < -0.4 is 4.74 Å². The summed E-state index contributed by atoms with van der Waals surface area (Å²) in [6.07, 6.45) is 1.02. The molecule has 2 bridgehead atoms. The summed E-state index contributed by atoms with van der Waals surface area (Å²) in [5.74, 6) is 0.433. The van der Waals surface area contributed by atoms with Crippen LogP contribution in [0.5, 0.6) is 5.75 Å². The predicted octanol–water partition coefficient (Wildman–Crippen LogP) is 4.25. The number of carbonyl (C=O) groups excluding carboxylic acids is 1. The zero-order chi connectivity index (χ0) is 24.2. The van der Waals surface area contributed by atoms with E-state index in [1.807, 2.05) is 36.1 Å². The Morgan fingerprint density at radius 1 is 1.15 bits per heavy atom. The fraction of sp³-hybridized carbons (Fsp3) is 0.400. The Kier molecular flexibility index (Phi) is 7.88. The van der Waals surface area contributed by atoms with E-state index in [-0.39, 0.29) is 5.91 Å². The number of rotatable bonds is 4. The number of nitrogens with zero attached hydrogens (tertiary/aromatic N) is 4. The van der Waals surface area contributed by atoms with Crippen LogP contribution in [0.4, 0.5) is 0 Å². The zero-order valence-electron chi connectivity index (χ0n) is 19.4. The van der Waals surface area contributed by atoms with Crippen LogP contribution in [0.3, 0.4) is 0 Å². The highest BCUT2D eigenvalue weighted by Gasteiger charge is 2.36. The molecule has 2 aromatic carbocycles. The highest BCUT2D eigenvalue weighted by Crippen LogP contribution is 2.24. The van der Waals surface area contributed by atoms with Crippen molar-refractivity contribution >= 4 is 40.5 Å². The number of ether oxygens (including phenoxy) is 1. The normalized spacial score (nSPS) is 21.7. The molecule has 2 aliphatic rings. The minimum Gasteiger partial charge on any atom is -0.497 e. The van der Waals surface area contributed by atoms with Crippen LogP contribution in [0.25, 0.3) is 0 Å². The van der Waals surface area contributed by atoms with Crippen LogP contribution >= 0.6 is 23.2 Å². The van der Waals surface area contributed by atoms with E-state index in [1.165, 1.54) is 4.58 Å². The smallest absolute Gasteiger partial charge is 0.422 e. The van der Waals surface area contributed by atoms with Gasteiger partial charge in [-0.15, -0.1) is 4.58 Å². The van der Waals surface area contributed by atoms with Gasteiger partial charge < -0.3 is 9.84 Å². The summed E-state index contributed by atoms with van der Waals surface area (Å²) in [4.78, 5) is 15.6. The summed E-state index contributed by atoms with van der Waals surface area (Å²) in [7, 11) is 1.63. The van der Waals surface area contributed by atoms with Crippen LogP contribution in [0.15, 0.2) is 47.6 Å². The number of aliphatic hydroxyl groups is 1. The van der Waals surface area contributed by atoms with E-state index in [0.29, 0.717) is 35.1 Å². The largest absolute Gasteiger partial charge is 0.497 e. The number of amides is 1. The topological polar surface area (TPSA) is 68.4 Å². The Morgan fingerprint density at radius 2 is 1.91 bits per heavy atom. The van der Waals surface area contributed by atoms with Crippen molar-refractivity contribution in [3.63, 3.8) is 0 Å². The van der Waals surface area contributed by atoms with Crippen LogP contribution in [0, 0.1) is 0 Å². The van der Waals surface area contributed by atoms with Crippen LogP contribution in [-0.4, -0.2) is 70.0 Å². The Labute approximate surface area is 209 Å². The number of benzene rings is 2. The molecule has 0 saturated heterocycles. The number of methoxy groups -OCH3 is 1. The van der Waals surface area contributed by atoms with Gasteiger partial charge in [0.2, 0.25) is 0 Å². The van der Waals surface area contributed by atoms with Crippen molar-refractivity contribution in [2.75, 3.05) is 26.7 Å². The molecule has 9 heteroatoms. The molecule has 34 heavy (non-hydrogen) atoms. The summed E-state index contributed by atoms with van der Waals surface area (Å²) >= 11 is 12.3. The monoisotopic (exact) mass is 503 g/mol. The molecule has 0 fully saturated rings. The van der Waals surface area contributed by atoms with Crippen molar-refractivity contribution in [1.29, 1.82) is 0 Å². The molecular formula is C25H29Cl2N4O3+. The standard InChI is InChI=1S/C25H29Cl2N4O3/c1-17-14-20-10-13-30(28-20)12-3-11-29(16-18-4-7-21(34-2)8-5-18)25(33)31(17)24(32)19-6-9-22(26)23(27)15-19/h4-9,15,25,33H,3,10-14,16H2,1-2H3/q+1/b31-17-. The van der Waals surface area contributed by atoms with Crippen molar-refractivity contribution in [3.8, 4) is 5.75 Å². The van der Waals surface area contributed by atoms with Gasteiger partial charge in [-0.25, -0.2) is 9.69 Å².